The van der Waals surface area contributed by atoms with Crippen LogP contribution >= 0.6 is 0 Å². The number of benzene rings is 2. The van der Waals surface area contributed by atoms with E-state index in [2.05, 4.69) is 103 Å². The number of imidazole rings is 1. The number of nitrogens with zero attached hydrogens (tertiary/aromatic N) is 2. The predicted molar refractivity (Wildman–Crippen MR) is 247 cm³/mol. The van der Waals surface area contributed by atoms with Crippen molar-refractivity contribution in [3.05, 3.63) is 90.0 Å². The molecular weight excluding hydrogens is 677 g/mol. The molecule has 3 rings (SSSR count). The summed E-state index contributed by atoms with van der Waals surface area (Å²) in [5.74, 6) is 2.09. The van der Waals surface area contributed by atoms with Gasteiger partial charge in [-0.1, -0.05) is 241 Å². The topological polar surface area (TPSA) is 8.81 Å². The van der Waals surface area contributed by atoms with Crippen LogP contribution in [0.3, 0.4) is 0 Å². The Kier molecular flexibility index (Phi) is 28.8. The van der Waals surface area contributed by atoms with Gasteiger partial charge in [-0.15, -0.1) is 0 Å². The van der Waals surface area contributed by atoms with Crippen molar-refractivity contribution < 1.29 is 4.57 Å². The molecule has 1 heterocycles. The molecule has 2 atom stereocenters. The van der Waals surface area contributed by atoms with E-state index < -0.39 is 0 Å². The van der Waals surface area contributed by atoms with E-state index in [1.165, 1.54) is 217 Å². The van der Waals surface area contributed by atoms with Gasteiger partial charge in [0.1, 0.15) is 12.4 Å². The van der Waals surface area contributed by atoms with Crippen LogP contribution in [0.15, 0.2) is 73.1 Å². The predicted octanol–water partition coefficient (Wildman–Crippen LogP) is 17.0. The van der Waals surface area contributed by atoms with Crippen LogP contribution < -0.4 is 4.57 Å². The van der Waals surface area contributed by atoms with Gasteiger partial charge in [0.15, 0.2) is 0 Å². The summed E-state index contributed by atoms with van der Waals surface area (Å²) in [6.07, 6.45) is 51.0. The average molecular weight is 768 g/mol. The van der Waals surface area contributed by atoms with E-state index in [0.717, 1.165) is 12.8 Å². The van der Waals surface area contributed by atoms with Crippen LogP contribution in [0.1, 0.15) is 249 Å². The van der Waals surface area contributed by atoms with Gasteiger partial charge in [0.2, 0.25) is 0 Å². The molecule has 2 heteroatoms. The van der Waals surface area contributed by atoms with Crippen molar-refractivity contribution >= 4 is 0 Å². The minimum atomic E-state index is 0.530. The highest BCUT2D eigenvalue weighted by molar-refractivity contribution is 5.24. The van der Waals surface area contributed by atoms with Gasteiger partial charge in [0.05, 0.1) is 12.6 Å². The van der Waals surface area contributed by atoms with Crippen molar-refractivity contribution in [2.45, 2.75) is 251 Å². The molecule has 56 heavy (non-hydrogen) atoms. The number of unbranched alkanes of at least 4 members (excludes halogenated alkanes) is 27. The second-order valence-corrected chi connectivity index (χ2v) is 17.8. The second kappa shape index (κ2) is 33.6. The fourth-order valence-electron chi connectivity index (χ4n) is 9.09. The van der Waals surface area contributed by atoms with E-state index in [1.54, 1.807) is 5.82 Å². The van der Waals surface area contributed by atoms with Crippen LogP contribution in [0.2, 0.25) is 0 Å². The second-order valence-electron chi connectivity index (χ2n) is 17.8. The van der Waals surface area contributed by atoms with E-state index in [-0.39, 0.29) is 0 Å². The van der Waals surface area contributed by atoms with Gasteiger partial charge in [-0.2, -0.15) is 0 Å². The van der Waals surface area contributed by atoms with Crippen molar-refractivity contribution in [3.8, 4) is 0 Å². The summed E-state index contributed by atoms with van der Waals surface area (Å²) < 4.78 is 5.33. The minimum Gasteiger partial charge on any atom is -0.234 e. The molecule has 0 N–H and O–H groups in total. The maximum Gasteiger partial charge on any atom is 0.256 e. The van der Waals surface area contributed by atoms with E-state index in [1.807, 2.05) is 0 Å². The summed E-state index contributed by atoms with van der Waals surface area (Å²) in [6.45, 7) is 8.28. The van der Waals surface area contributed by atoms with Crippen LogP contribution in [0.25, 0.3) is 0 Å². The first-order valence-corrected chi connectivity index (χ1v) is 24.9. The van der Waals surface area contributed by atoms with Gasteiger partial charge >= 0.3 is 0 Å². The summed E-state index contributed by atoms with van der Waals surface area (Å²) in [7, 11) is 0. The average Bonchev–Trinajstić information content (AvgIpc) is 3.64. The first-order valence-electron chi connectivity index (χ1n) is 24.9. The van der Waals surface area contributed by atoms with Crippen LogP contribution in [-0.2, 0) is 19.4 Å². The minimum absolute atomic E-state index is 0.530. The molecule has 0 aliphatic rings. The maximum absolute atomic E-state index is 2.68. The molecule has 2 unspecified atom stereocenters. The van der Waals surface area contributed by atoms with E-state index in [4.69, 9.17) is 0 Å². The number of hydrogen-bond donors (Lipinski definition) is 0. The molecule has 1 aromatic heterocycles. The van der Waals surface area contributed by atoms with Crippen molar-refractivity contribution in [2.75, 3.05) is 0 Å². The number of rotatable bonds is 38. The maximum atomic E-state index is 2.68. The van der Waals surface area contributed by atoms with Crippen molar-refractivity contribution in [3.63, 3.8) is 0 Å². The first kappa shape index (κ1) is 48.0. The molecule has 2 aromatic carbocycles. The normalized spacial score (nSPS) is 12.7. The van der Waals surface area contributed by atoms with Gasteiger partial charge in [-0.25, -0.2) is 9.13 Å². The Hall–Kier alpha value is -2.35. The molecule has 0 saturated heterocycles. The molecule has 0 radical (unpaired) electrons. The molecule has 316 valence electrons. The van der Waals surface area contributed by atoms with Crippen molar-refractivity contribution in [1.82, 2.24) is 4.57 Å². The number of aryl methyl sites for hydroxylation is 1. The van der Waals surface area contributed by atoms with Crippen LogP contribution in [0, 0.1) is 0 Å². The Morgan fingerprint density at radius 3 is 1.34 bits per heavy atom. The summed E-state index contributed by atoms with van der Waals surface area (Å²) in [5, 5.41) is 0. The summed E-state index contributed by atoms with van der Waals surface area (Å²) in [4.78, 5) is 0. The molecule has 0 saturated carbocycles. The third-order valence-electron chi connectivity index (χ3n) is 12.8. The van der Waals surface area contributed by atoms with Crippen LogP contribution in [0.4, 0.5) is 0 Å². The number of aromatic nitrogens is 2. The lowest BCUT2D eigenvalue weighted by atomic mass is 9.88. The quantitative estimate of drug-likeness (QED) is 0.0406. The lowest BCUT2D eigenvalue weighted by Crippen LogP contribution is -2.38. The Labute approximate surface area is 349 Å². The van der Waals surface area contributed by atoms with Crippen molar-refractivity contribution in [2.24, 2.45) is 0 Å². The highest BCUT2D eigenvalue weighted by Crippen LogP contribution is 2.27. The Bertz CT molecular complexity index is 1260. The molecule has 3 aromatic rings. The van der Waals surface area contributed by atoms with E-state index in [9.17, 15) is 0 Å². The first-order chi connectivity index (χ1) is 27.7. The molecule has 0 fully saturated rings. The fourth-order valence-corrected chi connectivity index (χ4v) is 9.09. The summed E-state index contributed by atoms with van der Waals surface area (Å²) in [5.41, 5.74) is 2.94. The summed E-state index contributed by atoms with van der Waals surface area (Å²) in [6, 6.07) is 23.1. The number of hydrogen-bond acceptors (Lipinski definition) is 0. The Balaban J connectivity index is 1.43. The van der Waals surface area contributed by atoms with Crippen molar-refractivity contribution in [1.29, 1.82) is 0 Å². The summed E-state index contributed by atoms with van der Waals surface area (Å²) >= 11 is 0. The molecule has 0 aliphatic heterocycles. The van der Waals surface area contributed by atoms with Crippen LogP contribution in [-0.4, -0.2) is 4.57 Å². The van der Waals surface area contributed by atoms with Crippen LogP contribution in [0.5, 0.6) is 0 Å². The van der Waals surface area contributed by atoms with Gasteiger partial charge in [-0.3, -0.25) is 0 Å². The molecule has 0 spiro atoms. The highest BCUT2D eigenvalue weighted by Gasteiger charge is 2.23. The Morgan fingerprint density at radius 2 is 0.875 bits per heavy atom. The standard InChI is InChI=1S/C54H91N2/c1-4-6-8-10-12-14-16-18-20-22-24-26-28-30-38-46-55-47-48-56(50(3)39-33-29-27-25-23-21-19-17-15-13-11-9-7-5-2)54(55)45-44-53(52-42-36-32-37-43-52)49-51-40-34-31-35-41-51/h31-32,34-37,40-43,47-48,50,53H,4-30,33,38-39,44-46,49H2,1-3H3/q+1. The lowest BCUT2D eigenvalue weighted by Gasteiger charge is -2.18. The molecule has 0 bridgehead atoms. The monoisotopic (exact) mass is 768 g/mol. The molecule has 0 amide bonds. The fraction of sp³-hybridized carbons (Fsp3) is 0.722. The molecular formula is C54H91N2+. The third kappa shape index (κ3) is 22.6. The lowest BCUT2D eigenvalue weighted by molar-refractivity contribution is -0.704. The van der Waals surface area contributed by atoms with Gasteiger partial charge < -0.3 is 0 Å². The van der Waals surface area contributed by atoms with E-state index >= 15 is 0 Å². The molecule has 2 nitrogen and oxygen atoms in total. The highest BCUT2D eigenvalue weighted by atomic mass is 15.2. The zero-order chi connectivity index (χ0) is 39.6. The third-order valence-corrected chi connectivity index (χ3v) is 12.8. The van der Waals surface area contributed by atoms with Gasteiger partial charge in [-0.05, 0) is 62.5 Å². The molecule has 0 aliphatic carbocycles. The van der Waals surface area contributed by atoms with Gasteiger partial charge in [0, 0.05) is 6.42 Å². The smallest absolute Gasteiger partial charge is 0.234 e. The SMILES string of the molecule is CCCCCCCCCCCCCCCCC[n+]1ccn(C(C)CCCCCCCCCCCCCCCC)c1CCC(Cc1ccccc1)c1ccccc1. The Morgan fingerprint density at radius 1 is 0.464 bits per heavy atom. The zero-order valence-electron chi connectivity index (χ0n) is 37.5. The zero-order valence-corrected chi connectivity index (χ0v) is 37.5. The van der Waals surface area contributed by atoms with E-state index in [0.29, 0.717) is 12.0 Å². The van der Waals surface area contributed by atoms with Gasteiger partial charge in [0.25, 0.3) is 5.82 Å². The largest absolute Gasteiger partial charge is 0.256 e.